The summed E-state index contributed by atoms with van der Waals surface area (Å²) in [6, 6.07) is -0.719. The zero-order valence-corrected chi connectivity index (χ0v) is 10.3. The molecule has 0 amide bonds. The molecule has 1 rings (SSSR count). The number of hydrogen-bond donors (Lipinski definition) is 1. The third kappa shape index (κ3) is 6.47. The average molecular weight is 293 g/mol. The van der Waals surface area contributed by atoms with Gasteiger partial charge in [-0.1, -0.05) is 12.8 Å². The number of halogens is 6. The molecule has 0 aliphatic heterocycles. The first-order valence-electron chi connectivity index (χ1n) is 6.15. The van der Waals surface area contributed by atoms with E-state index in [9.17, 15) is 26.3 Å². The molecule has 0 aromatic rings. The summed E-state index contributed by atoms with van der Waals surface area (Å²) in [4.78, 5) is 0. The molecule has 0 aromatic carbocycles. The molecule has 0 radical (unpaired) electrons. The topological polar surface area (TPSA) is 21.3 Å². The molecule has 8 heteroatoms. The molecule has 0 heterocycles. The van der Waals surface area contributed by atoms with Crippen molar-refractivity contribution in [3.63, 3.8) is 0 Å². The number of hydrogen-bond acceptors (Lipinski definition) is 2. The molecule has 114 valence electrons. The van der Waals surface area contributed by atoms with Gasteiger partial charge in [-0.05, 0) is 12.8 Å². The molecule has 2 atom stereocenters. The fourth-order valence-corrected chi connectivity index (χ4v) is 2.27. The highest BCUT2D eigenvalue weighted by atomic mass is 19.4. The van der Waals surface area contributed by atoms with Crippen molar-refractivity contribution in [2.45, 2.75) is 44.1 Å². The lowest BCUT2D eigenvalue weighted by atomic mass is 9.84. The summed E-state index contributed by atoms with van der Waals surface area (Å²) in [5.74, 6) is -1.41. The van der Waals surface area contributed by atoms with Crippen LogP contribution in [0.25, 0.3) is 0 Å². The summed E-state index contributed by atoms with van der Waals surface area (Å²) in [5.41, 5.74) is 0. The molecular weight excluding hydrogens is 276 g/mol. The minimum absolute atomic E-state index is 0.00662. The Morgan fingerprint density at radius 3 is 2.21 bits per heavy atom. The van der Waals surface area contributed by atoms with Crippen molar-refractivity contribution in [2.24, 2.45) is 5.92 Å². The van der Waals surface area contributed by atoms with E-state index in [4.69, 9.17) is 0 Å². The van der Waals surface area contributed by atoms with E-state index in [-0.39, 0.29) is 19.6 Å². The van der Waals surface area contributed by atoms with Crippen LogP contribution in [-0.4, -0.2) is 38.2 Å². The Labute approximate surface area is 107 Å². The number of nitrogens with one attached hydrogen (secondary N) is 1. The Balaban J connectivity index is 2.26. The van der Waals surface area contributed by atoms with E-state index in [1.165, 1.54) is 0 Å². The Bertz CT molecular complexity index is 265. The summed E-state index contributed by atoms with van der Waals surface area (Å²) < 4.78 is 77.7. The van der Waals surface area contributed by atoms with E-state index in [0.29, 0.717) is 19.3 Å². The number of ether oxygens (including phenoxy) is 1. The summed E-state index contributed by atoms with van der Waals surface area (Å²) in [7, 11) is 0. The van der Waals surface area contributed by atoms with Gasteiger partial charge in [0, 0.05) is 12.6 Å². The van der Waals surface area contributed by atoms with Crippen LogP contribution in [0.15, 0.2) is 0 Å². The Kier molecular flexibility index (Phi) is 5.91. The predicted octanol–water partition coefficient (Wildman–Crippen LogP) is 3.28. The van der Waals surface area contributed by atoms with E-state index in [1.54, 1.807) is 0 Å². The summed E-state index contributed by atoms with van der Waals surface area (Å²) in [6.45, 7) is -1.63. The monoisotopic (exact) mass is 293 g/mol. The second-order valence-electron chi connectivity index (χ2n) is 4.66. The molecule has 1 aliphatic carbocycles. The van der Waals surface area contributed by atoms with Gasteiger partial charge in [-0.3, -0.25) is 0 Å². The molecule has 0 saturated heterocycles. The Hall–Kier alpha value is -0.500. The minimum Gasteiger partial charge on any atom is -0.371 e. The molecular formula is C11H17F6NO. The van der Waals surface area contributed by atoms with Gasteiger partial charge < -0.3 is 10.1 Å². The maximum atomic E-state index is 12.7. The second-order valence-corrected chi connectivity index (χ2v) is 4.66. The van der Waals surface area contributed by atoms with Gasteiger partial charge in [0.15, 0.2) is 0 Å². The van der Waals surface area contributed by atoms with E-state index in [2.05, 4.69) is 10.1 Å². The predicted molar refractivity (Wildman–Crippen MR) is 56.7 cm³/mol. The largest absolute Gasteiger partial charge is 0.411 e. The van der Waals surface area contributed by atoms with Gasteiger partial charge in [0.25, 0.3) is 0 Å². The first kappa shape index (κ1) is 16.6. The van der Waals surface area contributed by atoms with Crippen LogP contribution >= 0.6 is 0 Å². The Morgan fingerprint density at radius 1 is 1.00 bits per heavy atom. The molecule has 1 fully saturated rings. The van der Waals surface area contributed by atoms with Crippen molar-refractivity contribution in [1.82, 2.24) is 5.32 Å². The molecule has 1 saturated carbocycles. The molecule has 0 aromatic heterocycles. The first-order valence-corrected chi connectivity index (χ1v) is 6.15. The van der Waals surface area contributed by atoms with E-state index in [0.717, 1.165) is 0 Å². The van der Waals surface area contributed by atoms with Gasteiger partial charge in [0.05, 0.1) is 12.5 Å². The highest BCUT2D eigenvalue weighted by Crippen LogP contribution is 2.37. The maximum absolute atomic E-state index is 12.7. The minimum atomic E-state index is -4.40. The van der Waals surface area contributed by atoms with Crippen LogP contribution in [0, 0.1) is 5.92 Å². The van der Waals surface area contributed by atoms with Gasteiger partial charge in [-0.15, -0.1) is 0 Å². The highest BCUT2D eigenvalue weighted by Gasteiger charge is 2.45. The molecule has 0 spiro atoms. The van der Waals surface area contributed by atoms with E-state index in [1.807, 2.05) is 0 Å². The lowest BCUT2D eigenvalue weighted by molar-refractivity contribution is -0.189. The maximum Gasteiger partial charge on any atom is 0.411 e. The van der Waals surface area contributed by atoms with Crippen LogP contribution in [0.1, 0.15) is 25.7 Å². The van der Waals surface area contributed by atoms with Gasteiger partial charge in [-0.25, -0.2) is 0 Å². The van der Waals surface area contributed by atoms with Crippen LogP contribution < -0.4 is 5.32 Å². The quantitative estimate of drug-likeness (QED) is 0.620. The van der Waals surface area contributed by atoms with E-state index < -0.39 is 30.9 Å². The standard InChI is InChI=1S/C11H17F6NO/c12-10(13,14)7-19-6-5-18-9-4-2-1-3-8(9)11(15,16)17/h8-9,18H,1-7H2. The molecule has 1 N–H and O–H groups in total. The summed E-state index contributed by atoms with van der Waals surface area (Å²) in [5, 5.41) is 2.65. The van der Waals surface area contributed by atoms with Crippen LogP contribution in [0.5, 0.6) is 0 Å². The van der Waals surface area contributed by atoms with Crippen LogP contribution in [0.2, 0.25) is 0 Å². The van der Waals surface area contributed by atoms with Gasteiger partial charge in [-0.2, -0.15) is 26.3 Å². The molecule has 2 nitrogen and oxygen atoms in total. The van der Waals surface area contributed by atoms with Gasteiger partial charge in [0.2, 0.25) is 0 Å². The second kappa shape index (κ2) is 6.78. The van der Waals surface area contributed by atoms with Crippen LogP contribution in [0.3, 0.4) is 0 Å². The van der Waals surface area contributed by atoms with Crippen molar-refractivity contribution < 1.29 is 31.1 Å². The normalized spacial score (nSPS) is 25.6. The van der Waals surface area contributed by atoms with Crippen LogP contribution in [-0.2, 0) is 4.74 Å². The van der Waals surface area contributed by atoms with Gasteiger partial charge >= 0.3 is 12.4 Å². The molecule has 0 bridgehead atoms. The highest BCUT2D eigenvalue weighted by molar-refractivity contribution is 4.85. The average Bonchev–Trinajstić information content (AvgIpc) is 2.26. The summed E-state index contributed by atoms with van der Waals surface area (Å²) in [6.07, 6.45) is -6.96. The molecule has 1 aliphatic rings. The lowest BCUT2D eigenvalue weighted by Gasteiger charge is -2.33. The zero-order chi connectivity index (χ0) is 14.5. The fourth-order valence-electron chi connectivity index (χ4n) is 2.27. The van der Waals surface area contributed by atoms with Crippen molar-refractivity contribution in [3.05, 3.63) is 0 Å². The zero-order valence-electron chi connectivity index (χ0n) is 10.3. The summed E-state index contributed by atoms with van der Waals surface area (Å²) >= 11 is 0. The number of rotatable bonds is 5. The van der Waals surface area contributed by atoms with Crippen molar-refractivity contribution >= 4 is 0 Å². The van der Waals surface area contributed by atoms with Crippen molar-refractivity contribution in [3.8, 4) is 0 Å². The SMILES string of the molecule is FC(F)(F)COCCNC1CCCCC1C(F)(F)F. The third-order valence-electron chi connectivity index (χ3n) is 3.11. The van der Waals surface area contributed by atoms with Gasteiger partial charge in [0.1, 0.15) is 6.61 Å². The molecule has 19 heavy (non-hydrogen) atoms. The smallest absolute Gasteiger partial charge is 0.371 e. The fraction of sp³-hybridized carbons (Fsp3) is 1.00. The van der Waals surface area contributed by atoms with E-state index >= 15 is 0 Å². The number of alkyl halides is 6. The third-order valence-corrected chi connectivity index (χ3v) is 3.11. The molecule has 2 unspecified atom stereocenters. The van der Waals surface area contributed by atoms with Crippen molar-refractivity contribution in [2.75, 3.05) is 19.8 Å². The Morgan fingerprint density at radius 2 is 1.63 bits per heavy atom. The first-order chi connectivity index (χ1) is 8.70. The van der Waals surface area contributed by atoms with Crippen molar-refractivity contribution in [1.29, 1.82) is 0 Å². The van der Waals surface area contributed by atoms with Crippen LogP contribution in [0.4, 0.5) is 26.3 Å². The lowest BCUT2D eigenvalue weighted by Crippen LogP contribution is -2.46.